The van der Waals surface area contributed by atoms with Crippen LogP contribution in [0.25, 0.3) is 0 Å². The smallest absolute Gasteiger partial charge is 0.191 e. The van der Waals surface area contributed by atoms with Gasteiger partial charge in [-0.3, -0.25) is 4.99 Å². The van der Waals surface area contributed by atoms with E-state index in [1.807, 2.05) is 25.2 Å². The van der Waals surface area contributed by atoms with E-state index in [1.54, 1.807) is 0 Å². The molecule has 0 saturated carbocycles. The molecule has 1 atom stereocenters. The van der Waals surface area contributed by atoms with Crippen LogP contribution in [0.1, 0.15) is 45.4 Å². The molecule has 4 nitrogen and oxygen atoms in total. The Bertz CT molecular complexity index is 427. The molecule has 22 heavy (non-hydrogen) atoms. The van der Waals surface area contributed by atoms with Crippen molar-refractivity contribution in [2.45, 2.75) is 52.6 Å². The highest BCUT2D eigenvalue weighted by Crippen LogP contribution is 2.15. The molecule has 1 aromatic heterocycles. The van der Waals surface area contributed by atoms with Gasteiger partial charge in [-0.05, 0) is 43.6 Å². The third-order valence-electron chi connectivity index (χ3n) is 3.94. The molecule has 5 heteroatoms. The molecule has 1 rings (SSSR count). The first-order chi connectivity index (χ1) is 10.5. The number of nitrogens with one attached hydrogen (secondary N) is 2. The van der Waals surface area contributed by atoms with E-state index in [2.05, 4.69) is 47.0 Å². The number of guanidine groups is 1. The molecule has 0 saturated heterocycles. The van der Waals surface area contributed by atoms with Crippen molar-refractivity contribution in [3.8, 4) is 0 Å². The third kappa shape index (κ3) is 6.79. The molecule has 0 spiro atoms. The summed E-state index contributed by atoms with van der Waals surface area (Å²) in [6, 6.07) is 4.28. The summed E-state index contributed by atoms with van der Waals surface area (Å²) in [5.41, 5.74) is -0.690. The van der Waals surface area contributed by atoms with Crippen LogP contribution in [-0.2, 0) is 6.42 Å². The molecule has 0 aromatic carbocycles. The van der Waals surface area contributed by atoms with Crippen LogP contribution >= 0.6 is 11.3 Å². The van der Waals surface area contributed by atoms with Gasteiger partial charge in [0.1, 0.15) is 0 Å². The first-order valence-corrected chi connectivity index (χ1v) is 9.17. The molecule has 126 valence electrons. The van der Waals surface area contributed by atoms with Crippen LogP contribution in [0, 0.1) is 5.92 Å². The number of hydrogen-bond donors (Lipinski definition) is 3. The van der Waals surface area contributed by atoms with E-state index in [0.717, 1.165) is 38.3 Å². The molecular formula is C17H31N3OS. The number of aliphatic imine (C=N–C) groups is 1. The number of rotatable bonds is 9. The second-order valence-corrected chi connectivity index (χ2v) is 6.93. The first-order valence-electron chi connectivity index (χ1n) is 8.30. The number of aliphatic hydroxyl groups is 1. The minimum atomic E-state index is -0.690. The van der Waals surface area contributed by atoms with Gasteiger partial charge < -0.3 is 15.7 Å². The van der Waals surface area contributed by atoms with Gasteiger partial charge in [0.2, 0.25) is 0 Å². The van der Waals surface area contributed by atoms with Crippen LogP contribution in [0.15, 0.2) is 22.5 Å². The van der Waals surface area contributed by atoms with Gasteiger partial charge >= 0.3 is 0 Å². The second-order valence-electron chi connectivity index (χ2n) is 5.90. The maximum absolute atomic E-state index is 10.3. The molecule has 0 aliphatic rings. The Hall–Kier alpha value is -1.07. The fraction of sp³-hybridized carbons (Fsp3) is 0.706. The van der Waals surface area contributed by atoms with Gasteiger partial charge in [-0.15, -0.1) is 11.3 Å². The third-order valence-corrected chi connectivity index (χ3v) is 4.84. The van der Waals surface area contributed by atoms with Gasteiger partial charge in [0.05, 0.1) is 12.1 Å². The van der Waals surface area contributed by atoms with Crippen LogP contribution in [0.3, 0.4) is 0 Å². The maximum atomic E-state index is 10.3. The van der Waals surface area contributed by atoms with Crippen molar-refractivity contribution in [3.05, 3.63) is 22.4 Å². The van der Waals surface area contributed by atoms with Crippen molar-refractivity contribution in [3.63, 3.8) is 0 Å². The van der Waals surface area contributed by atoms with Crippen LogP contribution < -0.4 is 10.6 Å². The van der Waals surface area contributed by atoms with Gasteiger partial charge in [-0.2, -0.15) is 0 Å². The fourth-order valence-electron chi connectivity index (χ4n) is 2.16. The molecular weight excluding hydrogens is 294 g/mol. The highest BCUT2D eigenvalue weighted by Gasteiger charge is 2.21. The largest absolute Gasteiger partial charge is 0.388 e. The molecule has 0 radical (unpaired) electrons. The monoisotopic (exact) mass is 325 g/mol. The lowest BCUT2D eigenvalue weighted by atomic mass is 9.98. The summed E-state index contributed by atoms with van der Waals surface area (Å²) in [6.07, 6.45) is 2.53. The standard InChI is InChI=1S/C17H31N3OS/c1-5-17(21,6-2)13-20-16(18-7-3)19-12-14(4)11-15-9-8-10-22-15/h8-10,14,21H,5-7,11-13H2,1-4H3,(H2,18,19,20). The minimum absolute atomic E-state index is 0.439. The Kier molecular flexibility index (Phi) is 8.49. The molecule has 0 amide bonds. The van der Waals surface area contributed by atoms with Gasteiger partial charge in [0.25, 0.3) is 0 Å². The van der Waals surface area contributed by atoms with E-state index >= 15 is 0 Å². The van der Waals surface area contributed by atoms with Crippen LogP contribution in [-0.4, -0.2) is 36.3 Å². The summed E-state index contributed by atoms with van der Waals surface area (Å²) >= 11 is 1.81. The van der Waals surface area contributed by atoms with Gasteiger partial charge in [-0.25, -0.2) is 0 Å². The van der Waals surface area contributed by atoms with Gasteiger partial charge in [-0.1, -0.05) is 26.8 Å². The molecule has 1 heterocycles. The van der Waals surface area contributed by atoms with E-state index in [1.165, 1.54) is 4.88 Å². The molecule has 0 aliphatic heterocycles. The Morgan fingerprint density at radius 3 is 2.59 bits per heavy atom. The van der Waals surface area contributed by atoms with Crippen molar-refractivity contribution in [1.29, 1.82) is 0 Å². The number of nitrogens with zero attached hydrogens (tertiary/aromatic N) is 1. The molecule has 0 bridgehead atoms. The Morgan fingerprint density at radius 1 is 1.32 bits per heavy atom. The summed E-state index contributed by atoms with van der Waals surface area (Å²) in [6.45, 7) is 10.4. The van der Waals surface area contributed by atoms with E-state index in [4.69, 9.17) is 0 Å². The molecule has 0 aliphatic carbocycles. The summed E-state index contributed by atoms with van der Waals surface area (Å²) < 4.78 is 0. The summed E-state index contributed by atoms with van der Waals surface area (Å²) in [5, 5.41) is 19.1. The normalized spacial score (nSPS) is 14.0. The zero-order valence-corrected chi connectivity index (χ0v) is 15.2. The topological polar surface area (TPSA) is 56.7 Å². The molecule has 0 fully saturated rings. The number of thiophene rings is 1. The SMILES string of the molecule is CCNC(=NCC(O)(CC)CC)NCC(C)Cc1cccs1. The zero-order valence-electron chi connectivity index (χ0n) is 14.4. The summed E-state index contributed by atoms with van der Waals surface area (Å²) in [5.74, 6) is 1.33. The van der Waals surface area contributed by atoms with Gasteiger partial charge in [0, 0.05) is 18.0 Å². The Labute approximate surface area is 139 Å². The van der Waals surface area contributed by atoms with E-state index in [9.17, 15) is 5.11 Å². The average molecular weight is 326 g/mol. The van der Waals surface area contributed by atoms with E-state index in [-0.39, 0.29) is 0 Å². The van der Waals surface area contributed by atoms with Crippen molar-refractivity contribution in [1.82, 2.24) is 10.6 Å². The van der Waals surface area contributed by atoms with Crippen molar-refractivity contribution in [2.75, 3.05) is 19.6 Å². The van der Waals surface area contributed by atoms with Crippen LogP contribution in [0.4, 0.5) is 0 Å². The molecule has 1 unspecified atom stereocenters. The highest BCUT2D eigenvalue weighted by molar-refractivity contribution is 7.09. The van der Waals surface area contributed by atoms with Crippen molar-refractivity contribution < 1.29 is 5.11 Å². The number of hydrogen-bond acceptors (Lipinski definition) is 3. The second kappa shape index (κ2) is 9.85. The average Bonchev–Trinajstić information content (AvgIpc) is 3.02. The summed E-state index contributed by atoms with van der Waals surface area (Å²) in [7, 11) is 0. The lowest BCUT2D eigenvalue weighted by Crippen LogP contribution is -2.41. The van der Waals surface area contributed by atoms with E-state index in [0.29, 0.717) is 12.5 Å². The van der Waals surface area contributed by atoms with Crippen molar-refractivity contribution in [2.24, 2.45) is 10.9 Å². The molecule has 1 aromatic rings. The minimum Gasteiger partial charge on any atom is -0.388 e. The lowest BCUT2D eigenvalue weighted by Gasteiger charge is -2.23. The Balaban J connectivity index is 2.49. The Morgan fingerprint density at radius 2 is 2.05 bits per heavy atom. The van der Waals surface area contributed by atoms with Crippen LogP contribution in [0.2, 0.25) is 0 Å². The van der Waals surface area contributed by atoms with Crippen LogP contribution in [0.5, 0.6) is 0 Å². The predicted molar refractivity (Wildman–Crippen MR) is 96.7 cm³/mol. The summed E-state index contributed by atoms with van der Waals surface area (Å²) in [4.78, 5) is 5.96. The van der Waals surface area contributed by atoms with E-state index < -0.39 is 5.60 Å². The molecule has 3 N–H and O–H groups in total. The maximum Gasteiger partial charge on any atom is 0.191 e. The predicted octanol–water partition coefficient (Wildman–Crippen LogP) is 3.03. The zero-order chi connectivity index (χ0) is 16.4. The highest BCUT2D eigenvalue weighted by atomic mass is 32.1. The quantitative estimate of drug-likeness (QED) is 0.483. The fourth-order valence-corrected chi connectivity index (χ4v) is 3.03. The van der Waals surface area contributed by atoms with Gasteiger partial charge in [0.15, 0.2) is 5.96 Å². The first kappa shape index (κ1) is 19.0. The van der Waals surface area contributed by atoms with Crippen molar-refractivity contribution >= 4 is 17.3 Å². The lowest BCUT2D eigenvalue weighted by molar-refractivity contribution is 0.0418.